The molecule has 0 aliphatic rings. The highest BCUT2D eigenvalue weighted by molar-refractivity contribution is 7.99. The van der Waals surface area contributed by atoms with Gasteiger partial charge in [0.15, 0.2) is 0 Å². The maximum Gasteiger partial charge on any atom is 0.251 e. The van der Waals surface area contributed by atoms with Gasteiger partial charge in [-0.2, -0.15) is 11.8 Å². The molecular weight excluding hydrogens is 388 g/mol. The molecule has 0 spiro atoms. The van der Waals surface area contributed by atoms with Gasteiger partial charge in [0.1, 0.15) is 10.8 Å². The lowest BCUT2D eigenvalue weighted by Crippen LogP contribution is -2.02. The molecule has 6 heteroatoms. The molecule has 0 atom stereocenters. The van der Waals surface area contributed by atoms with Crippen LogP contribution in [0.5, 0.6) is 5.75 Å². The van der Waals surface area contributed by atoms with Crippen LogP contribution in [-0.4, -0.2) is 31.8 Å². The maximum atomic E-state index is 11.9. The molecule has 2 aromatic rings. The fourth-order valence-corrected chi connectivity index (χ4v) is 4.24. The molecule has 26 heavy (non-hydrogen) atoms. The summed E-state index contributed by atoms with van der Waals surface area (Å²) in [5, 5.41) is 1.30. The molecule has 2 rings (SSSR count). The van der Waals surface area contributed by atoms with Crippen molar-refractivity contribution < 1.29 is 9.47 Å². The molecule has 146 valence electrons. The first-order valence-electron chi connectivity index (χ1n) is 8.98. The molecule has 0 N–H and O–H groups in total. The van der Waals surface area contributed by atoms with E-state index in [0.717, 1.165) is 63.7 Å². The molecule has 0 aliphatic heterocycles. The van der Waals surface area contributed by atoms with Gasteiger partial charge in [0.25, 0.3) is 4.74 Å². The highest BCUT2D eigenvalue weighted by Crippen LogP contribution is 2.32. The van der Waals surface area contributed by atoms with Gasteiger partial charge in [-0.15, -0.1) is 0 Å². The number of fused-ring (bicyclic) bond motifs is 1. The zero-order valence-corrected chi connectivity index (χ0v) is 18.5. The molecule has 1 heterocycles. The molecule has 0 amide bonds. The first kappa shape index (κ1) is 23.3. The largest absolute Gasteiger partial charge is 0.492 e. The lowest BCUT2D eigenvalue weighted by atomic mass is 10.1. The third kappa shape index (κ3) is 7.47. The van der Waals surface area contributed by atoms with E-state index in [-0.39, 0.29) is 4.74 Å². The highest BCUT2D eigenvalue weighted by atomic mass is 35.5. The summed E-state index contributed by atoms with van der Waals surface area (Å²) in [5.74, 6) is 2.95. The number of hydrogen-bond donors (Lipinski definition) is 0. The summed E-state index contributed by atoms with van der Waals surface area (Å²) in [6, 6.07) is 5.83. The molecule has 0 aliphatic carbocycles. The molecule has 0 bridgehead atoms. The molecule has 0 saturated heterocycles. The van der Waals surface area contributed by atoms with E-state index in [9.17, 15) is 4.79 Å². The Morgan fingerprint density at radius 3 is 2.46 bits per heavy atom. The van der Waals surface area contributed by atoms with Gasteiger partial charge in [-0.3, -0.25) is 4.79 Å². The van der Waals surface area contributed by atoms with Crippen molar-refractivity contribution in [1.29, 1.82) is 0 Å². The van der Waals surface area contributed by atoms with E-state index in [0.29, 0.717) is 11.6 Å². The minimum atomic E-state index is -0.110. The number of thioether (sulfide) groups is 1. The zero-order valence-electron chi connectivity index (χ0n) is 16.1. The minimum Gasteiger partial charge on any atom is -0.492 e. The second kappa shape index (κ2) is 13.4. The second-order valence-electron chi connectivity index (χ2n) is 5.83. The van der Waals surface area contributed by atoms with Crippen molar-refractivity contribution in [1.82, 2.24) is 0 Å². The SMILES string of the molecule is CCC.COCCCSCCCOc1cccc2c(C)c(Cl)c(=O)sc12. The smallest absolute Gasteiger partial charge is 0.251 e. The van der Waals surface area contributed by atoms with Crippen LogP contribution in [0.2, 0.25) is 5.02 Å². The van der Waals surface area contributed by atoms with Gasteiger partial charge in [0.05, 0.1) is 11.3 Å². The van der Waals surface area contributed by atoms with Crippen molar-refractivity contribution in [2.45, 2.75) is 40.0 Å². The van der Waals surface area contributed by atoms with Gasteiger partial charge in [-0.1, -0.05) is 55.3 Å². The summed E-state index contributed by atoms with van der Waals surface area (Å²) in [6.07, 6.45) is 3.31. The van der Waals surface area contributed by atoms with Crippen LogP contribution in [-0.2, 0) is 4.74 Å². The summed E-state index contributed by atoms with van der Waals surface area (Å²) in [4.78, 5) is 11.9. The first-order valence-corrected chi connectivity index (χ1v) is 11.3. The Kier molecular flexibility index (Phi) is 12.0. The van der Waals surface area contributed by atoms with Crippen LogP contribution < -0.4 is 9.48 Å². The highest BCUT2D eigenvalue weighted by Gasteiger charge is 2.11. The Balaban J connectivity index is 0.00000105. The van der Waals surface area contributed by atoms with Crippen LogP contribution in [0.1, 0.15) is 38.7 Å². The van der Waals surface area contributed by atoms with Crippen molar-refractivity contribution in [3.05, 3.63) is 38.3 Å². The van der Waals surface area contributed by atoms with Crippen LogP contribution in [0, 0.1) is 6.92 Å². The minimum absolute atomic E-state index is 0.110. The Bertz CT molecular complexity index is 716. The number of aryl methyl sites for hydroxylation is 1. The molecule has 0 fully saturated rings. The van der Waals surface area contributed by atoms with Gasteiger partial charge < -0.3 is 9.47 Å². The number of halogens is 1. The summed E-state index contributed by atoms with van der Waals surface area (Å²) >= 11 is 9.12. The van der Waals surface area contributed by atoms with E-state index in [2.05, 4.69) is 13.8 Å². The van der Waals surface area contributed by atoms with E-state index < -0.39 is 0 Å². The third-order valence-electron chi connectivity index (χ3n) is 3.41. The number of rotatable bonds is 9. The topological polar surface area (TPSA) is 35.5 Å². The number of benzene rings is 1. The fourth-order valence-electron chi connectivity index (χ4n) is 2.19. The second-order valence-corrected chi connectivity index (χ2v) is 8.42. The van der Waals surface area contributed by atoms with Crippen molar-refractivity contribution in [2.24, 2.45) is 0 Å². The van der Waals surface area contributed by atoms with Crippen LogP contribution in [0.25, 0.3) is 10.1 Å². The standard InChI is InChI=1S/C17H21ClO3S2.C3H8/c1-12-13-6-3-7-14(16(13)23-17(19)15(12)18)21-9-5-11-22-10-4-8-20-2;1-3-2/h3,6-7H,4-5,8-11H2,1-2H3;3H2,1-2H3. The van der Waals surface area contributed by atoms with E-state index in [1.165, 1.54) is 6.42 Å². The van der Waals surface area contributed by atoms with Crippen LogP contribution in [0.4, 0.5) is 0 Å². The average molecular weight is 417 g/mol. The normalized spacial score (nSPS) is 10.5. The van der Waals surface area contributed by atoms with Gasteiger partial charge in [-0.05, 0) is 42.9 Å². The monoisotopic (exact) mass is 416 g/mol. The van der Waals surface area contributed by atoms with Gasteiger partial charge in [0, 0.05) is 19.1 Å². The summed E-state index contributed by atoms with van der Waals surface area (Å²) in [6.45, 7) is 7.60. The number of ether oxygens (including phenoxy) is 2. The lowest BCUT2D eigenvalue weighted by Gasteiger charge is -2.10. The van der Waals surface area contributed by atoms with Crippen LogP contribution in [0.3, 0.4) is 0 Å². The van der Waals surface area contributed by atoms with E-state index in [1.54, 1.807) is 7.11 Å². The predicted molar refractivity (Wildman–Crippen MR) is 118 cm³/mol. The fraction of sp³-hybridized carbons (Fsp3) is 0.550. The number of hydrogen-bond acceptors (Lipinski definition) is 5. The quantitative estimate of drug-likeness (QED) is 0.457. The predicted octanol–water partition coefficient (Wildman–Crippen LogP) is 6.18. The molecule has 1 aromatic carbocycles. The zero-order chi connectivity index (χ0) is 19.4. The maximum absolute atomic E-state index is 11.9. The van der Waals surface area contributed by atoms with E-state index >= 15 is 0 Å². The Morgan fingerprint density at radius 1 is 1.15 bits per heavy atom. The molecule has 0 saturated carbocycles. The summed E-state index contributed by atoms with van der Waals surface area (Å²) in [5.41, 5.74) is 0.824. The molecule has 0 unspecified atom stereocenters. The van der Waals surface area contributed by atoms with Crippen molar-refractivity contribution in [3.8, 4) is 5.75 Å². The summed E-state index contributed by atoms with van der Waals surface area (Å²) < 4.78 is 11.7. The molecular formula is C20H29ClO3S2. The lowest BCUT2D eigenvalue weighted by molar-refractivity contribution is 0.200. The van der Waals surface area contributed by atoms with E-state index in [1.807, 2.05) is 36.9 Å². The molecule has 0 radical (unpaired) electrons. The van der Waals surface area contributed by atoms with Crippen LogP contribution in [0.15, 0.2) is 23.0 Å². The third-order valence-corrected chi connectivity index (χ3v) is 6.15. The van der Waals surface area contributed by atoms with Crippen LogP contribution >= 0.6 is 34.7 Å². The van der Waals surface area contributed by atoms with Crippen molar-refractivity contribution in [2.75, 3.05) is 31.8 Å². The van der Waals surface area contributed by atoms with Gasteiger partial charge in [-0.25, -0.2) is 0 Å². The van der Waals surface area contributed by atoms with Gasteiger partial charge in [0.2, 0.25) is 0 Å². The average Bonchev–Trinajstić information content (AvgIpc) is 2.63. The Morgan fingerprint density at radius 2 is 1.81 bits per heavy atom. The van der Waals surface area contributed by atoms with Crippen molar-refractivity contribution >= 4 is 44.8 Å². The summed E-state index contributed by atoms with van der Waals surface area (Å²) in [7, 11) is 1.73. The number of methoxy groups -OCH3 is 1. The first-order chi connectivity index (χ1) is 12.6. The Hall–Kier alpha value is -0.750. The van der Waals surface area contributed by atoms with Crippen molar-refractivity contribution in [3.63, 3.8) is 0 Å². The molecule has 1 aromatic heterocycles. The van der Waals surface area contributed by atoms with E-state index in [4.69, 9.17) is 21.1 Å². The van der Waals surface area contributed by atoms with Gasteiger partial charge >= 0.3 is 0 Å². The molecule has 3 nitrogen and oxygen atoms in total. The Labute approximate surface area is 170 Å².